The minimum absolute atomic E-state index is 0.419. The number of hydrogen-bond donors (Lipinski definition) is 0. The molecule has 5 nitrogen and oxygen atoms in total. The van der Waals surface area contributed by atoms with E-state index < -0.39 is 23.7 Å². The Kier molecular flexibility index (Phi) is 7.58. The molecule has 1 saturated heterocycles. The number of aromatic nitrogens is 3. The zero-order valence-electron chi connectivity index (χ0n) is 29.7. The van der Waals surface area contributed by atoms with Crippen LogP contribution in [0.5, 0.6) is 0 Å². The molecule has 0 spiro atoms. The third kappa shape index (κ3) is 5.05. The maximum atomic E-state index is 6.34. The van der Waals surface area contributed by atoms with Gasteiger partial charge in [0.2, 0.25) is 0 Å². The van der Waals surface area contributed by atoms with Crippen LogP contribution in [-0.4, -0.2) is 33.3 Å². The van der Waals surface area contributed by atoms with Crippen molar-refractivity contribution >= 4 is 12.6 Å². The Morgan fingerprint density at radius 1 is 0.423 bits per heavy atom. The predicted molar refractivity (Wildman–Crippen MR) is 209 cm³/mol. The third-order valence-electron chi connectivity index (χ3n) is 11.1. The summed E-state index contributed by atoms with van der Waals surface area (Å²) in [4.78, 5) is 15.5. The Morgan fingerprint density at radius 3 is 1.48 bits per heavy atom. The van der Waals surface area contributed by atoms with Crippen LogP contribution in [0, 0.1) is 0 Å². The molecule has 0 radical (unpaired) electrons. The molecule has 0 atom stereocenters. The molecule has 1 fully saturated rings. The van der Waals surface area contributed by atoms with Crippen molar-refractivity contribution in [1.29, 1.82) is 0 Å². The average molecular weight is 676 g/mol. The van der Waals surface area contributed by atoms with Gasteiger partial charge in [0.1, 0.15) is 0 Å². The normalized spacial score (nSPS) is 16.3. The van der Waals surface area contributed by atoms with Crippen molar-refractivity contribution in [3.8, 4) is 45.3 Å². The van der Waals surface area contributed by atoms with Gasteiger partial charge in [-0.05, 0) is 66.5 Å². The maximum absolute atomic E-state index is 6.34. The molecule has 6 heteroatoms. The van der Waals surface area contributed by atoms with Gasteiger partial charge in [-0.25, -0.2) is 15.0 Å². The molecule has 1 aromatic heterocycles. The van der Waals surface area contributed by atoms with Gasteiger partial charge >= 0.3 is 7.12 Å². The molecule has 9 rings (SSSR count). The highest BCUT2D eigenvalue weighted by atomic mass is 16.7. The summed E-state index contributed by atoms with van der Waals surface area (Å²) in [5.41, 5.74) is 9.57. The fraction of sp³-hybridized carbons (Fsp3) is 0.152. The average Bonchev–Trinajstić information content (AvgIpc) is 3.62. The van der Waals surface area contributed by atoms with Crippen LogP contribution in [-0.2, 0) is 14.7 Å². The molecule has 0 N–H and O–H groups in total. The molecule has 7 aromatic rings. The van der Waals surface area contributed by atoms with Gasteiger partial charge < -0.3 is 9.31 Å². The van der Waals surface area contributed by atoms with Crippen molar-refractivity contribution < 1.29 is 9.31 Å². The number of hydrogen-bond acceptors (Lipinski definition) is 5. The Morgan fingerprint density at radius 2 is 0.885 bits per heavy atom. The molecule has 6 aromatic carbocycles. The van der Waals surface area contributed by atoms with Crippen LogP contribution in [0.4, 0.5) is 0 Å². The maximum Gasteiger partial charge on any atom is 0.494 e. The summed E-state index contributed by atoms with van der Waals surface area (Å²) >= 11 is 0. The number of rotatable bonds is 6. The summed E-state index contributed by atoms with van der Waals surface area (Å²) in [6, 6.07) is 55.3. The van der Waals surface area contributed by atoms with E-state index in [2.05, 4.69) is 143 Å². The smallest absolute Gasteiger partial charge is 0.399 e. The van der Waals surface area contributed by atoms with Gasteiger partial charge in [-0.3, -0.25) is 0 Å². The fourth-order valence-corrected chi connectivity index (χ4v) is 7.79. The summed E-state index contributed by atoms with van der Waals surface area (Å²) in [7, 11) is -0.450. The van der Waals surface area contributed by atoms with E-state index in [1.165, 1.54) is 27.8 Å². The molecule has 1 aliphatic carbocycles. The molecule has 2 aliphatic rings. The van der Waals surface area contributed by atoms with Gasteiger partial charge in [0.05, 0.1) is 16.6 Å². The van der Waals surface area contributed by atoms with Crippen molar-refractivity contribution in [3.63, 3.8) is 0 Å². The van der Waals surface area contributed by atoms with Crippen LogP contribution in [0.3, 0.4) is 0 Å². The van der Waals surface area contributed by atoms with Gasteiger partial charge in [-0.15, -0.1) is 0 Å². The van der Waals surface area contributed by atoms with E-state index in [1.54, 1.807) is 0 Å². The Labute approximate surface area is 305 Å². The van der Waals surface area contributed by atoms with E-state index >= 15 is 0 Å². The predicted octanol–water partition coefficient (Wildman–Crippen LogP) is 9.53. The van der Waals surface area contributed by atoms with E-state index in [0.717, 1.165) is 27.7 Å². The van der Waals surface area contributed by atoms with Crippen LogP contribution in [0.25, 0.3) is 45.3 Å². The molecular weight excluding hydrogens is 637 g/mol. The van der Waals surface area contributed by atoms with Crippen molar-refractivity contribution in [1.82, 2.24) is 15.0 Å². The van der Waals surface area contributed by atoms with E-state index in [-0.39, 0.29) is 0 Å². The van der Waals surface area contributed by atoms with Crippen LogP contribution < -0.4 is 5.46 Å². The second-order valence-electron chi connectivity index (χ2n) is 14.6. The molecule has 0 saturated carbocycles. The van der Waals surface area contributed by atoms with Crippen LogP contribution >= 0.6 is 0 Å². The molecule has 2 heterocycles. The van der Waals surface area contributed by atoms with Gasteiger partial charge in [-0.2, -0.15) is 0 Å². The molecular formula is C46H38BN3O2. The lowest BCUT2D eigenvalue weighted by Crippen LogP contribution is -2.41. The molecule has 0 bridgehead atoms. The monoisotopic (exact) mass is 675 g/mol. The van der Waals surface area contributed by atoms with Crippen LogP contribution in [0.1, 0.15) is 49.9 Å². The third-order valence-corrected chi connectivity index (χ3v) is 11.1. The summed E-state index contributed by atoms with van der Waals surface area (Å²) in [6.07, 6.45) is 0. The molecule has 0 amide bonds. The first-order chi connectivity index (χ1) is 25.3. The Hall–Kier alpha value is -5.69. The highest BCUT2D eigenvalue weighted by molar-refractivity contribution is 6.62. The molecule has 1 aliphatic heterocycles. The van der Waals surface area contributed by atoms with Crippen molar-refractivity contribution in [2.24, 2.45) is 0 Å². The summed E-state index contributed by atoms with van der Waals surface area (Å²) < 4.78 is 12.7. The summed E-state index contributed by atoms with van der Waals surface area (Å²) in [5, 5.41) is 0. The highest BCUT2D eigenvalue weighted by Gasteiger charge is 2.52. The molecule has 0 unspecified atom stereocenters. The van der Waals surface area contributed by atoms with E-state index in [0.29, 0.717) is 17.5 Å². The number of benzene rings is 6. The SMILES string of the molecule is CC1(C)OB(c2ccc(-c3nc(-c4ccccc4)nc(-c4cccc5c4-c4ccccc4C5(c4ccccc4)c4ccccc4)n3)cc2)OC1(C)C. The van der Waals surface area contributed by atoms with Gasteiger partial charge in [0.25, 0.3) is 0 Å². The van der Waals surface area contributed by atoms with Gasteiger partial charge in [0, 0.05) is 16.7 Å². The molecule has 52 heavy (non-hydrogen) atoms. The second kappa shape index (κ2) is 12.2. The minimum atomic E-state index is -0.522. The topological polar surface area (TPSA) is 57.1 Å². The molecule has 252 valence electrons. The fourth-order valence-electron chi connectivity index (χ4n) is 7.79. The lowest BCUT2D eigenvalue weighted by Gasteiger charge is -2.33. The van der Waals surface area contributed by atoms with E-state index in [4.69, 9.17) is 24.3 Å². The standard InChI is InChI=1S/C46H38BN3O2/c1-44(2)45(3,4)52-47(51-44)35-29-27-32(28-30-35)42-48-41(31-17-8-5-9-18-31)49-43(50-42)37-24-16-26-39-40(37)36-23-14-15-25-38(36)46(39,33-19-10-6-11-20-33)34-21-12-7-13-22-34/h5-30H,1-4H3. The van der Waals surface area contributed by atoms with E-state index in [9.17, 15) is 0 Å². The zero-order valence-corrected chi connectivity index (χ0v) is 29.7. The van der Waals surface area contributed by atoms with Crippen molar-refractivity contribution in [2.75, 3.05) is 0 Å². The summed E-state index contributed by atoms with van der Waals surface area (Å²) in [6.45, 7) is 8.28. The quantitative estimate of drug-likeness (QED) is 0.164. The second-order valence-corrected chi connectivity index (χ2v) is 14.6. The van der Waals surface area contributed by atoms with Crippen molar-refractivity contribution in [3.05, 3.63) is 180 Å². The number of fused-ring (bicyclic) bond motifs is 3. The first-order valence-corrected chi connectivity index (χ1v) is 17.9. The lowest BCUT2D eigenvalue weighted by atomic mass is 9.67. The van der Waals surface area contributed by atoms with E-state index in [1.807, 2.05) is 42.5 Å². The zero-order chi connectivity index (χ0) is 35.5. The van der Waals surface area contributed by atoms with Gasteiger partial charge in [0.15, 0.2) is 17.5 Å². The van der Waals surface area contributed by atoms with Crippen LogP contribution in [0.15, 0.2) is 158 Å². The minimum Gasteiger partial charge on any atom is -0.399 e. The summed E-state index contributed by atoms with van der Waals surface area (Å²) in [5.74, 6) is 1.85. The highest BCUT2D eigenvalue weighted by Crippen LogP contribution is 2.58. The Balaban J connectivity index is 1.24. The lowest BCUT2D eigenvalue weighted by molar-refractivity contribution is 0.00578. The van der Waals surface area contributed by atoms with Gasteiger partial charge in [-0.1, -0.05) is 158 Å². The Bertz CT molecular complexity index is 2360. The largest absolute Gasteiger partial charge is 0.494 e. The first-order valence-electron chi connectivity index (χ1n) is 17.9. The first kappa shape index (κ1) is 32.2. The van der Waals surface area contributed by atoms with Crippen molar-refractivity contribution in [2.45, 2.75) is 44.3 Å². The van der Waals surface area contributed by atoms with Crippen LogP contribution in [0.2, 0.25) is 0 Å². The number of nitrogens with zero attached hydrogens (tertiary/aromatic N) is 3.